The normalized spacial score (nSPS) is 14.7. The molecule has 1 aromatic heterocycles. The zero-order valence-electron chi connectivity index (χ0n) is 16.3. The summed E-state index contributed by atoms with van der Waals surface area (Å²) in [7, 11) is 0. The second kappa shape index (κ2) is 9.96. The number of halogens is 3. The van der Waals surface area contributed by atoms with Crippen LogP contribution in [0.15, 0.2) is 33.9 Å². The fourth-order valence-electron chi connectivity index (χ4n) is 2.88. The minimum absolute atomic E-state index is 0.0102. The molecule has 1 aliphatic rings. The van der Waals surface area contributed by atoms with Crippen molar-refractivity contribution in [1.82, 2.24) is 15.0 Å². The van der Waals surface area contributed by atoms with Gasteiger partial charge in [-0.2, -0.15) is 29.9 Å². The molecule has 0 saturated carbocycles. The molecule has 1 aliphatic heterocycles. The third-order valence-electron chi connectivity index (χ3n) is 4.50. The van der Waals surface area contributed by atoms with E-state index in [0.29, 0.717) is 38.1 Å². The lowest BCUT2D eigenvalue weighted by Gasteiger charge is -2.27. The Bertz CT molecular complexity index is 874. The molecule has 0 unspecified atom stereocenters. The number of hydrogen-bond donors (Lipinski definition) is 0. The molecule has 0 bridgehead atoms. The predicted octanol–water partition coefficient (Wildman–Crippen LogP) is 3.66. The number of alkyl halides is 3. The van der Waals surface area contributed by atoms with E-state index in [-0.39, 0.29) is 18.2 Å². The number of likely N-dealkylation sites (tertiary alicyclic amines) is 1. The van der Waals surface area contributed by atoms with Gasteiger partial charge in [0.1, 0.15) is 6.61 Å². The average molecular weight is 442 g/mol. The monoisotopic (exact) mass is 442 g/mol. The predicted molar refractivity (Wildman–Crippen MR) is 106 cm³/mol. The summed E-state index contributed by atoms with van der Waals surface area (Å²) in [5, 5.41) is 7.48. The fraction of sp³-hybridized carbons (Fsp3) is 0.474. The van der Waals surface area contributed by atoms with E-state index in [9.17, 15) is 18.0 Å². The first kappa shape index (κ1) is 22.1. The Labute approximate surface area is 175 Å². The molecule has 1 saturated heterocycles. The van der Waals surface area contributed by atoms with Gasteiger partial charge < -0.3 is 14.3 Å². The molecule has 2 heterocycles. The van der Waals surface area contributed by atoms with Gasteiger partial charge in [-0.05, 0) is 11.8 Å². The first-order valence-corrected chi connectivity index (χ1v) is 10.7. The van der Waals surface area contributed by atoms with Crippen LogP contribution in [0, 0.1) is 0 Å². The average Bonchev–Trinajstić information content (AvgIpc) is 3.23. The smallest absolute Gasteiger partial charge is 0.395 e. The van der Waals surface area contributed by atoms with Crippen molar-refractivity contribution in [2.24, 2.45) is 5.16 Å². The molecule has 0 spiro atoms. The van der Waals surface area contributed by atoms with E-state index in [0.717, 1.165) is 17.0 Å². The Morgan fingerprint density at radius 2 is 1.97 bits per heavy atom. The zero-order valence-corrected chi connectivity index (χ0v) is 17.1. The van der Waals surface area contributed by atoms with Crippen molar-refractivity contribution in [1.29, 1.82) is 0 Å². The highest BCUT2D eigenvalue weighted by Gasteiger charge is 2.38. The quantitative estimate of drug-likeness (QED) is 0.481. The molecule has 0 atom stereocenters. The Hall–Kier alpha value is -2.56. The summed E-state index contributed by atoms with van der Waals surface area (Å²) in [6, 6.07) is 6.49. The summed E-state index contributed by atoms with van der Waals surface area (Å²) in [6.07, 6.45) is -1.11. The number of hydrogen-bond acceptors (Lipinski definition) is 7. The molecular formula is C19H21F3N4O3S. The Morgan fingerprint density at radius 1 is 1.27 bits per heavy atom. The maximum absolute atomic E-state index is 12.6. The number of carbonyl (C=O) groups is 1. The fourth-order valence-corrected chi connectivity index (χ4v) is 3.12. The summed E-state index contributed by atoms with van der Waals surface area (Å²) in [6.45, 7) is 1.75. The van der Waals surface area contributed by atoms with E-state index in [2.05, 4.69) is 19.8 Å². The van der Waals surface area contributed by atoms with Gasteiger partial charge in [-0.15, -0.1) is 0 Å². The molecule has 30 heavy (non-hydrogen) atoms. The summed E-state index contributed by atoms with van der Waals surface area (Å²) in [5.41, 5.74) is 2.09. The van der Waals surface area contributed by atoms with Crippen LogP contribution in [0.5, 0.6) is 0 Å². The van der Waals surface area contributed by atoms with Crippen LogP contribution in [0.3, 0.4) is 0 Å². The molecule has 3 rings (SSSR count). The third-order valence-corrected chi connectivity index (χ3v) is 5.08. The van der Waals surface area contributed by atoms with Crippen LogP contribution in [0.4, 0.5) is 13.2 Å². The van der Waals surface area contributed by atoms with Crippen molar-refractivity contribution >= 4 is 23.4 Å². The molecule has 2 aromatic rings. The zero-order chi connectivity index (χ0) is 21.6. The van der Waals surface area contributed by atoms with Gasteiger partial charge in [0.15, 0.2) is 0 Å². The lowest BCUT2D eigenvalue weighted by molar-refractivity contribution is -0.159. The van der Waals surface area contributed by atoms with Crippen molar-refractivity contribution in [3.8, 4) is 11.4 Å². The first-order chi connectivity index (χ1) is 14.4. The first-order valence-electron chi connectivity index (χ1n) is 9.31. The summed E-state index contributed by atoms with van der Waals surface area (Å²) in [5.74, 6) is -0.664. The van der Waals surface area contributed by atoms with Crippen molar-refractivity contribution in [2.75, 3.05) is 31.7 Å². The van der Waals surface area contributed by atoms with Gasteiger partial charge in [0, 0.05) is 37.2 Å². The second-order valence-corrected chi connectivity index (χ2v) is 7.64. The van der Waals surface area contributed by atoms with Crippen molar-refractivity contribution in [3.63, 3.8) is 0 Å². The topological polar surface area (TPSA) is 80.8 Å². The van der Waals surface area contributed by atoms with E-state index in [1.165, 1.54) is 0 Å². The van der Waals surface area contributed by atoms with Crippen LogP contribution >= 0.6 is 11.8 Å². The number of benzene rings is 1. The van der Waals surface area contributed by atoms with Crippen LogP contribution in [0.1, 0.15) is 24.3 Å². The van der Waals surface area contributed by atoms with Gasteiger partial charge in [0.2, 0.25) is 11.7 Å². The molecule has 0 aliphatic carbocycles. The van der Waals surface area contributed by atoms with Gasteiger partial charge in [0.25, 0.3) is 0 Å². The molecule has 162 valence electrons. The van der Waals surface area contributed by atoms with Gasteiger partial charge >= 0.3 is 12.1 Å². The lowest BCUT2D eigenvalue weighted by atomic mass is 10.1. The highest BCUT2D eigenvalue weighted by Crippen LogP contribution is 2.29. The number of aromatic nitrogens is 2. The summed E-state index contributed by atoms with van der Waals surface area (Å²) < 4.78 is 41.9. The molecule has 0 radical (unpaired) electrons. The van der Waals surface area contributed by atoms with E-state index in [4.69, 9.17) is 4.84 Å². The third kappa shape index (κ3) is 5.97. The Kier molecular flexibility index (Phi) is 7.35. The van der Waals surface area contributed by atoms with E-state index >= 15 is 0 Å². The number of carbonyl (C=O) groups excluding carboxylic acids is 1. The SMILES string of the molecule is CSCCON=C1CCN(C(=O)Cc2ccc(-c3noc(C(F)(F)F)n3)cc2)CC1. The largest absolute Gasteiger partial charge is 0.471 e. The molecule has 1 aromatic carbocycles. The van der Waals surface area contributed by atoms with Crippen LogP contribution in [-0.2, 0) is 22.2 Å². The molecular weight excluding hydrogens is 421 g/mol. The van der Waals surface area contributed by atoms with Crippen LogP contribution < -0.4 is 0 Å². The van der Waals surface area contributed by atoms with E-state index in [1.54, 1.807) is 40.9 Å². The minimum Gasteiger partial charge on any atom is -0.395 e. The molecule has 0 N–H and O–H groups in total. The highest BCUT2D eigenvalue weighted by molar-refractivity contribution is 7.98. The summed E-state index contributed by atoms with van der Waals surface area (Å²) >= 11 is 1.69. The molecule has 7 nitrogen and oxygen atoms in total. The molecule has 1 amide bonds. The van der Waals surface area contributed by atoms with E-state index < -0.39 is 12.1 Å². The molecule has 1 fully saturated rings. The number of piperidine rings is 1. The standard InChI is InChI=1S/C19H21F3N4O3S/c1-30-11-10-28-24-15-6-8-26(9-7-15)16(27)12-13-2-4-14(5-3-13)17-23-18(29-25-17)19(20,21)22/h2-5H,6-12H2,1H3. The van der Waals surface area contributed by atoms with Gasteiger partial charge in [-0.25, -0.2) is 0 Å². The summed E-state index contributed by atoms with van der Waals surface area (Å²) in [4.78, 5) is 22.9. The second-order valence-electron chi connectivity index (χ2n) is 6.66. The van der Waals surface area contributed by atoms with Gasteiger partial charge in [-0.1, -0.05) is 34.6 Å². The van der Waals surface area contributed by atoms with Crippen LogP contribution in [0.2, 0.25) is 0 Å². The van der Waals surface area contributed by atoms with Crippen LogP contribution in [-0.4, -0.2) is 58.4 Å². The Morgan fingerprint density at radius 3 is 2.57 bits per heavy atom. The maximum atomic E-state index is 12.6. The van der Waals surface area contributed by atoms with Gasteiger partial charge in [-0.3, -0.25) is 4.79 Å². The number of nitrogens with zero attached hydrogens (tertiary/aromatic N) is 4. The van der Waals surface area contributed by atoms with Crippen molar-refractivity contribution in [3.05, 3.63) is 35.7 Å². The van der Waals surface area contributed by atoms with Crippen molar-refractivity contribution in [2.45, 2.75) is 25.4 Å². The molecule has 11 heteroatoms. The van der Waals surface area contributed by atoms with Crippen molar-refractivity contribution < 1.29 is 27.3 Å². The van der Waals surface area contributed by atoms with Gasteiger partial charge in [0.05, 0.1) is 12.1 Å². The number of rotatable bonds is 7. The Balaban J connectivity index is 1.51. The highest BCUT2D eigenvalue weighted by atomic mass is 32.2. The maximum Gasteiger partial charge on any atom is 0.471 e. The number of thioether (sulfide) groups is 1. The number of amides is 1. The minimum atomic E-state index is -4.68. The van der Waals surface area contributed by atoms with Crippen LogP contribution in [0.25, 0.3) is 11.4 Å². The number of oxime groups is 1. The van der Waals surface area contributed by atoms with E-state index in [1.807, 2.05) is 6.26 Å². The lowest BCUT2D eigenvalue weighted by Crippen LogP contribution is -2.39.